The van der Waals surface area contributed by atoms with Crippen molar-refractivity contribution < 1.29 is 23.9 Å². The maximum absolute atomic E-state index is 13.5. The molecule has 0 bridgehead atoms. The number of nitrogens with zero attached hydrogens (tertiary/aromatic N) is 2. The van der Waals surface area contributed by atoms with Crippen LogP contribution in [0, 0.1) is 0 Å². The minimum absolute atomic E-state index is 0.108. The predicted octanol–water partition coefficient (Wildman–Crippen LogP) is 4.55. The van der Waals surface area contributed by atoms with Crippen LogP contribution in [0.3, 0.4) is 0 Å². The zero-order valence-electron chi connectivity index (χ0n) is 26.0. The molecule has 0 saturated carbocycles. The molecule has 238 valence electrons. The molecule has 0 aliphatic rings. The molecule has 11 heteroatoms. The topological polar surface area (TPSA) is 148 Å². The molecule has 4 rings (SSSR count). The van der Waals surface area contributed by atoms with E-state index >= 15 is 0 Å². The third kappa shape index (κ3) is 9.46. The molecule has 0 aliphatic heterocycles. The van der Waals surface area contributed by atoms with Crippen LogP contribution in [0.15, 0.2) is 102 Å². The van der Waals surface area contributed by atoms with Crippen LogP contribution in [0.1, 0.15) is 49.0 Å². The first-order chi connectivity index (χ1) is 22.0. The zero-order valence-corrected chi connectivity index (χ0v) is 26.0. The van der Waals surface area contributed by atoms with Gasteiger partial charge in [0.2, 0.25) is 11.8 Å². The smallest absolute Gasteiger partial charge is 0.412 e. The van der Waals surface area contributed by atoms with Gasteiger partial charge in [-0.15, -0.1) is 0 Å². The van der Waals surface area contributed by atoms with E-state index < -0.39 is 35.6 Å². The second-order valence-electron chi connectivity index (χ2n) is 11.5. The SMILES string of the molecule is CC(C)(C)OC(=O)Nc1cnc(-c2ccccc2)n(CC(=O)NCCC(C(=O)NCC(=O)c2ccccc2)c2ccccc2)c1=O. The van der Waals surface area contributed by atoms with Gasteiger partial charge in [0.1, 0.15) is 23.7 Å². The first kappa shape index (κ1) is 33.3. The van der Waals surface area contributed by atoms with Crippen LogP contribution in [-0.4, -0.2) is 51.9 Å². The lowest BCUT2D eigenvalue weighted by atomic mass is 9.94. The quantitative estimate of drug-likeness (QED) is 0.196. The summed E-state index contributed by atoms with van der Waals surface area (Å²) in [7, 11) is 0. The summed E-state index contributed by atoms with van der Waals surface area (Å²) in [6, 6.07) is 26.6. The summed E-state index contributed by atoms with van der Waals surface area (Å²) in [6.45, 7) is 4.64. The molecule has 3 aromatic carbocycles. The number of hydrogen-bond donors (Lipinski definition) is 3. The van der Waals surface area contributed by atoms with Gasteiger partial charge < -0.3 is 15.4 Å². The number of aromatic nitrogens is 2. The van der Waals surface area contributed by atoms with Gasteiger partial charge >= 0.3 is 6.09 Å². The summed E-state index contributed by atoms with van der Waals surface area (Å²) >= 11 is 0. The zero-order chi connectivity index (χ0) is 33.1. The molecule has 0 saturated heterocycles. The van der Waals surface area contributed by atoms with Crippen LogP contribution in [0.25, 0.3) is 11.4 Å². The third-order valence-corrected chi connectivity index (χ3v) is 6.81. The summed E-state index contributed by atoms with van der Waals surface area (Å²) in [6.07, 6.45) is 0.639. The molecule has 3 amide bonds. The molecule has 1 atom stereocenters. The third-order valence-electron chi connectivity index (χ3n) is 6.81. The van der Waals surface area contributed by atoms with Gasteiger partial charge in [-0.2, -0.15) is 0 Å². The number of Topliss-reactive ketones (excluding diaryl/α,β-unsaturated/α-hetero) is 1. The summed E-state index contributed by atoms with van der Waals surface area (Å²) < 4.78 is 6.43. The van der Waals surface area contributed by atoms with Crippen molar-refractivity contribution in [1.82, 2.24) is 20.2 Å². The van der Waals surface area contributed by atoms with Gasteiger partial charge in [-0.05, 0) is 32.8 Å². The van der Waals surface area contributed by atoms with Crippen molar-refractivity contribution in [3.63, 3.8) is 0 Å². The largest absolute Gasteiger partial charge is 0.444 e. The van der Waals surface area contributed by atoms with Crippen molar-refractivity contribution in [2.45, 2.75) is 45.3 Å². The van der Waals surface area contributed by atoms with Crippen molar-refractivity contribution in [2.75, 3.05) is 18.4 Å². The van der Waals surface area contributed by atoms with E-state index in [1.807, 2.05) is 42.5 Å². The number of carbonyl (C=O) groups is 4. The van der Waals surface area contributed by atoms with E-state index in [2.05, 4.69) is 20.9 Å². The van der Waals surface area contributed by atoms with Gasteiger partial charge in [0.05, 0.1) is 18.7 Å². The van der Waals surface area contributed by atoms with Crippen molar-refractivity contribution in [1.29, 1.82) is 0 Å². The second-order valence-corrected chi connectivity index (χ2v) is 11.5. The Morgan fingerprint density at radius 2 is 1.46 bits per heavy atom. The Bertz CT molecular complexity index is 1720. The highest BCUT2D eigenvalue weighted by molar-refractivity contribution is 5.99. The molecular formula is C35H37N5O6. The molecule has 1 unspecified atom stereocenters. The normalized spacial score (nSPS) is 11.6. The standard InChI is InChI=1S/C35H37N5O6/c1-35(2,3)46-34(45)39-28-21-37-31(26-17-11-6-12-18-26)40(33(28)44)23-30(42)36-20-19-27(24-13-7-4-8-14-24)32(43)38-22-29(41)25-15-9-5-10-16-25/h4-18,21,27H,19-20,22-23H2,1-3H3,(H,36,42)(H,38,43)(H,39,45). The van der Waals surface area contributed by atoms with Crippen LogP contribution in [-0.2, 0) is 20.9 Å². The van der Waals surface area contributed by atoms with Gasteiger partial charge in [0.25, 0.3) is 5.56 Å². The summed E-state index contributed by atoms with van der Waals surface area (Å²) in [5.74, 6) is -1.47. The number of carbonyl (C=O) groups excluding carboxylic acids is 4. The molecule has 0 fully saturated rings. The highest BCUT2D eigenvalue weighted by atomic mass is 16.6. The predicted molar refractivity (Wildman–Crippen MR) is 174 cm³/mol. The molecule has 1 aromatic heterocycles. The fraction of sp³-hybridized carbons (Fsp3) is 0.257. The maximum atomic E-state index is 13.5. The summed E-state index contributed by atoms with van der Waals surface area (Å²) in [5.41, 5.74) is 0.256. The van der Waals surface area contributed by atoms with E-state index in [4.69, 9.17) is 4.74 Å². The number of ether oxygens (including phenoxy) is 1. The second kappa shape index (κ2) is 15.4. The minimum Gasteiger partial charge on any atom is -0.444 e. The average Bonchev–Trinajstić information content (AvgIpc) is 3.04. The Morgan fingerprint density at radius 3 is 2.09 bits per heavy atom. The maximum Gasteiger partial charge on any atom is 0.412 e. The van der Waals surface area contributed by atoms with Gasteiger partial charge in [0.15, 0.2) is 5.78 Å². The van der Waals surface area contributed by atoms with Crippen LogP contribution >= 0.6 is 0 Å². The van der Waals surface area contributed by atoms with Crippen LogP contribution in [0.2, 0.25) is 0 Å². The number of rotatable bonds is 12. The van der Waals surface area contributed by atoms with E-state index in [9.17, 15) is 24.0 Å². The first-order valence-corrected chi connectivity index (χ1v) is 14.8. The van der Waals surface area contributed by atoms with Crippen molar-refractivity contribution in [2.24, 2.45) is 0 Å². The number of nitrogens with one attached hydrogen (secondary N) is 3. The molecule has 11 nitrogen and oxygen atoms in total. The van der Waals surface area contributed by atoms with E-state index in [-0.39, 0.29) is 42.7 Å². The van der Waals surface area contributed by atoms with Crippen LogP contribution in [0.4, 0.5) is 10.5 Å². The highest BCUT2D eigenvalue weighted by Gasteiger charge is 2.23. The Balaban J connectivity index is 1.46. The number of ketones is 1. The molecule has 3 N–H and O–H groups in total. The molecule has 0 aliphatic carbocycles. The molecule has 1 heterocycles. The van der Waals surface area contributed by atoms with E-state index in [0.717, 1.165) is 5.56 Å². The van der Waals surface area contributed by atoms with Gasteiger partial charge in [-0.25, -0.2) is 9.78 Å². The fourth-order valence-electron chi connectivity index (χ4n) is 4.66. The number of amides is 3. The number of anilines is 1. The number of hydrogen-bond acceptors (Lipinski definition) is 7. The Kier molecular flexibility index (Phi) is 11.2. The van der Waals surface area contributed by atoms with Crippen LogP contribution < -0.4 is 21.5 Å². The van der Waals surface area contributed by atoms with Gasteiger partial charge in [-0.1, -0.05) is 91.0 Å². The monoisotopic (exact) mass is 623 g/mol. The number of benzene rings is 3. The summed E-state index contributed by atoms with van der Waals surface area (Å²) in [5, 5.41) is 7.94. The van der Waals surface area contributed by atoms with E-state index in [1.165, 1.54) is 10.8 Å². The van der Waals surface area contributed by atoms with E-state index in [1.54, 1.807) is 69.3 Å². The lowest BCUT2D eigenvalue weighted by molar-refractivity contribution is -0.124. The van der Waals surface area contributed by atoms with Crippen LogP contribution in [0.5, 0.6) is 0 Å². The molecule has 46 heavy (non-hydrogen) atoms. The lowest BCUT2D eigenvalue weighted by Crippen LogP contribution is -2.38. The average molecular weight is 624 g/mol. The Morgan fingerprint density at radius 1 is 0.848 bits per heavy atom. The Labute approximate surface area is 267 Å². The minimum atomic E-state index is -0.828. The molecule has 0 spiro atoms. The fourth-order valence-corrected chi connectivity index (χ4v) is 4.66. The lowest BCUT2D eigenvalue weighted by Gasteiger charge is -2.20. The van der Waals surface area contributed by atoms with Crippen molar-refractivity contribution in [3.8, 4) is 11.4 Å². The Hall–Kier alpha value is -5.58. The molecular weight excluding hydrogens is 586 g/mol. The molecule has 4 aromatic rings. The summed E-state index contributed by atoms with van der Waals surface area (Å²) in [4.78, 5) is 69.2. The van der Waals surface area contributed by atoms with Crippen molar-refractivity contribution in [3.05, 3.63) is 119 Å². The first-order valence-electron chi connectivity index (χ1n) is 14.8. The van der Waals surface area contributed by atoms with Gasteiger partial charge in [0, 0.05) is 17.7 Å². The highest BCUT2D eigenvalue weighted by Crippen LogP contribution is 2.20. The molecule has 0 radical (unpaired) electrons. The van der Waals surface area contributed by atoms with Crippen molar-refractivity contribution >= 4 is 29.4 Å². The van der Waals surface area contributed by atoms with E-state index in [0.29, 0.717) is 11.1 Å². The van der Waals surface area contributed by atoms with Gasteiger partial charge in [-0.3, -0.25) is 29.1 Å².